The molecule has 0 spiro atoms. The second-order valence-corrected chi connectivity index (χ2v) is 3.66. The number of hydrogen-bond acceptors (Lipinski definition) is 3. The Bertz CT molecular complexity index is 184. The fourth-order valence-electron chi connectivity index (χ4n) is 1.70. The predicted molar refractivity (Wildman–Crippen MR) is 48.1 cm³/mol. The molecule has 2 N–H and O–H groups in total. The molecule has 0 saturated carbocycles. The van der Waals surface area contributed by atoms with E-state index in [9.17, 15) is 4.79 Å². The van der Waals surface area contributed by atoms with Gasteiger partial charge in [-0.25, -0.2) is 0 Å². The van der Waals surface area contributed by atoms with Gasteiger partial charge >= 0.3 is 0 Å². The molecular formula is C9H17NO3. The van der Waals surface area contributed by atoms with Crippen LogP contribution in [0.2, 0.25) is 0 Å². The smallest absolute Gasteiger partial charge is 0.223 e. The van der Waals surface area contributed by atoms with Crippen molar-refractivity contribution in [3.8, 4) is 0 Å². The van der Waals surface area contributed by atoms with E-state index in [0.717, 1.165) is 0 Å². The molecule has 0 radical (unpaired) electrons. The first kappa shape index (κ1) is 10.5. The van der Waals surface area contributed by atoms with Crippen LogP contribution in [0.25, 0.3) is 0 Å². The van der Waals surface area contributed by atoms with Crippen LogP contribution in [0, 0.1) is 5.92 Å². The topological polar surface area (TPSA) is 60.8 Å². The minimum atomic E-state index is 0.0775. The summed E-state index contributed by atoms with van der Waals surface area (Å²) in [6, 6.07) is 0.0917. The van der Waals surface area contributed by atoms with E-state index in [1.54, 1.807) is 4.90 Å². The highest BCUT2D eigenvalue weighted by atomic mass is 16.3. The summed E-state index contributed by atoms with van der Waals surface area (Å²) in [7, 11) is 0. The maximum absolute atomic E-state index is 11.4. The molecule has 4 nitrogen and oxygen atoms in total. The van der Waals surface area contributed by atoms with Gasteiger partial charge in [0.05, 0.1) is 0 Å². The molecule has 4 heteroatoms. The van der Waals surface area contributed by atoms with Crippen LogP contribution in [-0.4, -0.2) is 46.8 Å². The van der Waals surface area contributed by atoms with E-state index in [2.05, 4.69) is 0 Å². The Kier molecular flexibility index (Phi) is 3.69. The van der Waals surface area contributed by atoms with Gasteiger partial charge in [-0.3, -0.25) is 4.79 Å². The second kappa shape index (κ2) is 4.58. The zero-order valence-electron chi connectivity index (χ0n) is 7.94. The number of aliphatic hydroxyl groups is 2. The molecule has 0 aromatic heterocycles. The van der Waals surface area contributed by atoms with Crippen molar-refractivity contribution in [2.24, 2.45) is 5.92 Å². The normalized spacial score (nSPS) is 25.3. The van der Waals surface area contributed by atoms with Crippen LogP contribution in [0.15, 0.2) is 0 Å². The molecule has 0 aromatic rings. The lowest BCUT2D eigenvalue weighted by molar-refractivity contribution is -0.129. The van der Waals surface area contributed by atoms with E-state index in [-0.39, 0.29) is 31.1 Å². The molecule has 1 saturated heterocycles. The van der Waals surface area contributed by atoms with Crippen LogP contribution in [0.5, 0.6) is 0 Å². The number of carbonyl (C=O) groups excluding carboxylic acids is 1. The van der Waals surface area contributed by atoms with Crippen LogP contribution in [0.3, 0.4) is 0 Å². The first-order valence-electron chi connectivity index (χ1n) is 4.70. The summed E-state index contributed by atoms with van der Waals surface area (Å²) >= 11 is 0. The lowest BCUT2D eigenvalue weighted by atomic mass is 10.1. The molecule has 0 bridgehead atoms. The van der Waals surface area contributed by atoms with Crippen molar-refractivity contribution in [2.45, 2.75) is 25.8 Å². The molecule has 2 atom stereocenters. The lowest BCUT2D eigenvalue weighted by Crippen LogP contribution is -2.35. The van der Waals surface area contributed by atoms with Gasteiger partial charge in [-0.05, 0) is 13.3 Å². The molecule has 1 aliphatic heterocycles. The second-order valence-electron chi connectivity index (χ2n) is 3.66. The summed E-state index contributed by atoms with van der Waals surface area (Å²) in [6.07, 6.45) is 1.07. The Morgan fingerprint density at radius 1 is 1.62 bits per heavy atom. The number of aliphatic hydroxyl groups excluding tert-OH is 2. The van der Waals surface area contributed by atoms with Gasteiger partial charge in [-0.15, -0.1) is 0 Å². The van der Waals surface area contributed by atoms with E-state index < -0.39 is 0 Å². The first-order valence-corrected chi connectivity index (χ1v) is 4.70. The van der Waals surface area contributed by atoms with Gasteiger partial charge in [0.2, 0.25) is 5.91 Å². The minimum absolute atomic E-state index is 0.0775. The third-order valence-electron chi connectivity index (χ3n) is 2.58. The average Bonchev–Trinajstić information content (AvgIpc) is 2.47. The Hall–Kier alpha value is -0.610. The van der Waals surface area contributed by atoms with Gasteiger partial charge < -0.3 is 15.1 Å². The largest absolute Gasteiger partial charge is 0.396 e. The highest BCUT2D eigenvalue weighted by Crippen LogP contribution is 2.20. The number of likely N-dealkylation sites (tertiary alicyclic amines) is 1. The average molecular weight is 187 g/mol. The maximum atomic E-state index is 11.4. The molecule has 1 aliphatic rings. The van der Waals surface area contributed by atoms with E-state index in [0.29, 0.717) is 19.4 Å². The molecule has 1 heterocycles. The monoisotopic (exact) mass is 187 g/mol. The van der Waals surface area contributed by atoms with Gasteiger partial charge in [0.25, 0.3) is 0 Å². The number of nitrogens with zero attached hydrogens (tertiary/aromatic N) is 1. The zero-order valence-corrected chi connectivity index (χ0v) is 7.94. The van der Waals surface area contributed by atoms with Gasteiger partial charge in [0, 0.05) is 38.1 Å². The highest BCUT2D eigenvalue weighted by molar-refractivity contribution is 5.78. The van der Waals surface area contributed by atoms with Gasteiger partial charge in [-0.1, -0.05) is 0 Å². The van der Waals surface area contributed by atoms with Gasteiger partial charge in [-0.2, -0.15) is 0 Å². The van der Waals surface area contributed by atoms with Crippen molar-refractivity contribution in [1.29, 1.82) is 0 Å². The number of rotatable bonds is 4. The Balaban J connectivity index is 2.46. The Morgan fingerprint density at radius 2 is 2.31 bits per heavy atom. The van der Waals surface area contributed by atoms with Crippen molar-refractivity contribution < 1.29 is 15.0 Å². The summed E-state index contributed by atoms with van der Waals surface area (Å²) in [5.41, 5.74) is 0. The third kappa shape index (κ3) is 2.42. The number of hydrogen-bond donors (Lipinski definition) is 2. The summed E-state index contributed by atoms with van der Waals surface area (Å²) in [5.74, 6) is 0.189. The fraction of sp³-hybridized carbons (Fsp3) is 0.889. The van der Waals surface area contributed by atoms with Gasteiger partial charge in [0.1, 0.15) is 0 Å². The summed E-state index contributed by atoms with van der Waals surface area (Å²) in [4.78, 5) is 13.1. The fourth-order valence-corrected chi connectivity index (χ4v) is 1.70. The number of amides is 1. The van der Waals surface area contributed by atoms with Crippen LogP contribution in [-0.2, 0) is 4.79 Å². The van der Waals surface area contributed by atoms with E-state index in [4.69, 9.17) is 10.2 Å². The van der Waals surface area contributed by atoms with E-state index in [1.807, 2.05) is 6.92 Å². The number of carbonyl (C=O) groups is 1. The van der Waals surface area contributed by atoms with E-state index in [1.165, 1.54) is 0 Å². The Morgan fingerprint density at radius 3 is 2.77 bits per heavy atom. The molecule has 0 aromatic carbocycles. The molecular weight excluding hydrogens is 170 g/mol. The quantitative estimate of drug-likeness (QED) is 0.629. The molecule has 1 rings (SSSR count). The maximum Gasteiger partial charge on any atom is 0.223 e. The van der Waals surface area contributed by atoms with Crippen molar-refractivity contribution >= 4 is 5.91 Å². The van der Waals surface area contributed by atoms with Crippen LogP contribution >= 0.6 is 0 Å². The van der Waals surface area contributed by atoms with Crippen molar-refractivity contribution in [3.63, 3.8) is 0 Å². The zero-order chi connectivity index (χ0) is 9.84. The molecule has 76 valence electrons. The van der Waals surface area contributed by atoms with Crippen molar-refractivity contribution in [2.75, 3.05) is 19.8 Å². The van der Waals surface area contributed by atoms with Crippen LogP contribution < -0.4 is 0 Å². The van der Waals surface area contributed by atoms with E-state index >= 15 is 0 Å². The SMILES string of the molecule is C[C@H](CCO)N1CC(CO)CC1=O. The summed E-state index contributed by atoms with van der Waals surface area (Å²) in [6.45, 7) is 2.74. The Labute approximate surface area is 78.2 Å². The molecule has 1 amide bonds. The van der Waals surface area contributed by atoms with Crippen molar-refractivity contribution in [3.05, 3.63) is 0 Å². The summed E-state index contributed by atoms with van der Waals surface area (Å²) in [5, 5.41) is 17.6. The third-order valence-corrected chi connectivity index (χ3v) is 2.58. The summed E-state index contributed by atoms with van der Waals surface area (Å²) < 4.78 is 0. The minimum Gasteiger partial charge on any atom is -0.396 e. The molecule has 1 unspecified atom stereocenters. The lowest BCUT2D eigenvalue weighted by Gasteiger charge is -2.23. The molecule has 13 heavy (non-hydrogen) atoms. The highest BCUT2D eigenvalue weighted by Gasteiger charge is 2.31. The van der Waals surface area contributed by atoms with Crippen molar-refractivity contribution in [1.82, 2.24) is 4.90 Å². The van der Waals surface area contributed by atoms with Gasteiger partial charge in [0.15, 0.2) is 0 Å². The molecule has 0 aliphatic carbocycles. The standard InChI is InChI=1S/C9H17NO3/c1-7(2-3-11)10-5-8(6-12)4-9(10)13/h7-8,11-12H,2-6H2,1H3/t7-,8?/m1/s1. The van der Waals surface area contributed by atoms with Crippen LogP contribution in [0.1, 0.15) is 19.8 Å². The first-order chi connectivity index (χ1) is 6.19. The predicted octanol–water partition coefficient (Wildman–Crippen LogP) is -0.402. The molecule has 1 fully saturated rings. The van der Waals surface area contributed by atoms with Crippen LogP contribution in [0.4, 0.5) is 0 Å².